The number of unbranched alkanes of at least 4 members (excludes halogenated alkanes) is 18. The maximum Gasteiger partial charge on any atom is 0.397 e. The predicted octanol–water partition coefficient (Wildman–Crippen LogP) is 12.4. The van der Waals surface area contributed by atoms with Crippen LogP contribution in [0.3, 0.4) is 0 Å². The molecule has 1 fully saturated rings. The van der Waals surface area contributed by atoms with E-state index in [9.17, 15) is 33.1 Å². The van der Waals surface area contributed by atoms with Gasteiger partial charge in [-0.05, 0) is 89.9 Å². The van der Waals surface area contributed by atoms with Crippen molar-refractivity contribution in [2.75, 3.05) is 26.4 Å². The average Bonchev–Trinajstić information content (AvgIpc) is 3.31. The lowest BCUT2D eigenvalue weighted by Crippen LogP contribution is -2.60. The first kappa shape index (κ1) is 63.3. The third kappa shape index (κ3) is 38.1. The van der Waals surface area contributed by atoms with Gasteiger partial charge in [-0.25, -0.2) is 4.18 Å². The second-order valence-electron chi connectivity index (χ2n) is 17.7. The Hall–Kier alpha value is -2.72. The van der Waals surface area contributed by atoms with E-state index in [1.54, 1.807) is 0 Å². The number of carbonyl (C=O) groups is 1. The second kappa shape index (κ2) is 45.4. The summed E-state index contributed by atoms with van der Waals surface area (Å²) in [5.74, 6) is -0.417. The summed E-state index contributed by atoms with van der Waals surface area (Å²) in [5, 5.41) is 30.8. The number of rotatable bonds is 45. The standard InChI is InChI=1S/C55H94O12S/c1-3-5-7-9-11-13-15-17-19-20-21-22-23-24-25-26-27-28-29-31-33-35-37-39-41-43-45-63-47-49(48-64-55-53(59)54(67-68(60,61)62)52(58)50(46-56)66-55)65-51(57)44-42-40-38-36-34-32-30-18-16-14-12-10-8-6-4-2/h5,7,11-14,17-19,21-22,24-25,30,49-50,52-56,58-59H,3-4,6,8-10,15-16,20,23,26-29,31-48H2,1-2H3,(H,60,61,62)/b7-5-,13-11-,14-12-,19-17-,22-21-,25-24-,30-18-. The largest absolute Gasteiger partial charge is 0.457 e. The summed E-state index contributed by atoms with van der Waals surface area (Å²) in [6.45, 7) is 3.82. The predicted molar refractivity (Wildman–Crippen MR) is 275 cm³/mol. The van der Waals surface area contributed by atoms with Crippen LogP contribution in [0.5, 0.6) is 0 Å². The minimum absolute atomic E-state index is 0.0226. The Balaban J connectivity index is 2.33. The minimum Gasteiger partial charge on any atom is -0.457 e. The Bertz CT molecular complexity index is 1500. The molecule has 0 bridgehead atoms. The van der Waals surface area contributed by atoms with Crippen molar-refractivity contribution in [3.63, 3.8) is 0 Å². The first-order valence-corrected chi connectivity index (χ1v) is 27.7. The highest BCUT2D eigenvalue weighted by atomic mass is 32.3. The Morgan fingerprint density at radius 2 is 1.01 bits per heavy atom. The van der Waals surface area contributed by atoms with Crippen LogP contribution in [0, 0.1) is 0 Å². The molecular formula is C55H94O12S. The van der Waals surface area contributed by atoms with Gasteiger partial charge < -0.3 is 34.3 Å². The van der Waals surface area contributed by atoms with Crippen molar-refractivity contribution in [1.29, 1.82) is 0 Å². The van der Waals surface area contributed by atoms with Gasteiger partial charge in [0.2, 0.25) is 0 Å². The molecule has 0 aromatic rings. The zero-order valence-corrected chi connectivity index (χ0v) is 43.0. The highest BCUT2D eigenvalue weighted by molar-refractivity contribution is 7.80. The lowest BCUT2D eigenvalue weighted by atomic mass is 9.99. The van der Waals surface area contributed by atoms with Crippen molar-refractivity contribution < 1.29 is 56.2 Å². The Labute approximate surface area is 413 Å². The van der Waals surface area contributed by atoms with Gasteiger partial charge in [-0.15, -0.1) is 0 Å². The van der Waals surface area contributed by atoms with Crippen molar-refractivity contribution in [1.82, 2.24) is 0 Å². The zero-order valence-electron chi connectivity index (χ0n) is 42.1. The van der Waals surface area contributed by atoms with Crippen LogP contribution in [0.1, 0.15) is 194 Å². The first-order chi connectivity index (χ1) is 33.1. The molecule has 0 saturated carbocycles. The van der Waals surface area contributed by atoms with Crippen LogP contribution in [0.15, 0.2) is 85.1 Å². The van der Waals surface area contributed by atoms with Crippen molar-refractivity contribution in [3.8, 4) is 0 Å². The number of hydrogen-bond donors (Lipinski definition) is 4. The molecule has 0 aliphatic carbocycles. The maximum atomic E-state index is 12.9. The summed E-state index contributed by atoms with van der Waals surface area (Å²) >= 11 is 0. The molecule has 6 atom stereocenters. The molecule has 6 unspecified atom stereocenters. The van der Waals surface area contributed by atoms with Crippen LogP contribution in [-0.4, -0.2) is 97.5 Å². The van der Waals surface area contributed by atoms with E-state index in [0.29, 0.717) is 13.0 Å². The van der Waals surface area contributed by atoms with Gasteiger partial charge in [-0.3, -0.25) is 9.35 Å². The molecule has 68 heavy (non-hydrogen) atoms. The molecule has 0 aromatic carbocycles. The summed E-state index contributed by atoms with van der Waals surface area (Å²) in [7, 11) is -5.07. The molecule has 1 aliphatic rings. The summed E-state index contributed by atoms with van der Waals surface area (Å²) in [6, 6.07) is 0. The molecule has 1 saturated heterocycles. The number of allylic oxidation sites excluding steroid dienone is 14. The van der Waals surface area contributed by atoms with Gasteiger partial charge in [0.25, 0.3) is 0 Å². The third-order valence-corrected chi connectivity index (χ3v) is 12.0. The fourth-order valence-electron chi connectivity index (χ4n) is 7.55. The quantitative estimate of drug-likeness (QED) is 0.0197. The van der Waals surface area contributed by atoms with Crippen LogP contribution < -0.4 is 0 Å². The molecule has 392 valence electrons. The number of aliphatic hydroxyl groups excluding tert-OH is 3. The lowest BCUT2D eigenvalue weighted by Gasteiger charge is -2.41. The smallest absolute Gasteiger partial charge is 0.397 e. The van der Waals surface area contributed by atoms with Gasteiger partial charge in [0.1, 0.15) is 30.5 Å². The van der Waals surface area contributed by atoms with Crippen molar-refractivity contribution in [3.05, 3.63) is 85.1 Å². The van der Waals surface area contributed by atoms with Crippen molar-refractivity contribution >= 4 is 16.4 Å². The van der Waals surface area contributed by atoms with Crippen LogP contribution >= 0.6 is 0 Å². The summed E-state index contributed by atoms with van der Waals surface area (Å²) < 4.78 is 59.3. The van der Waals surface area contributed by atoms with E-state index in [2.05, 4.69) is 103 Å². The average molecular weight is 979 g/mol. The van der Waals surface area contributed by atoms with E-state index in [0.717, 1.165) is 103 Å². The van der Waals surface area contributed by atoms with Gasteiger partial charge >= 0.3 is 16.4 Å². The molecule has 12 nitrogen and oxygen atoms in total. The first-order valence-electron chi connectivity index (χ1n) is 26.3. The SMILES string of the molecule is CC/C=C\C/C=C\C/C=C\C/C=C\C/C=C\CCCCCCCCCCCCOCC(COC1OC(CO)C(O)C(OS(=O)(=O)O)C1O)OC(=O)CCCCCCC/C=C\C/C=C\CCCCC. The molecule has 13 heteroatoms. The minimum atomic E-state index is -5.07. The topological polar surface area (TPSA) is 178 Å². The van der Waals surface area contributed by atoms with E-state index in [4.69, 9.17) is 18.9 Å². The van der Waals surface area contributed by atoms with E-state index in [1.165, 1.54) is 64.2 Å². The molecule has 0 spiro atoms. The summed E-state index contributed by atoms with van der Waals surface area (Å²) in [5.41, 5.74) is 0. The van der Waals surface area contributed by atoms with E-state index >= 15 is 0 Å². The number of ether oxygens (including phenoxy) is 4. The fraction of sp³-hybridized carbons (Fsp3) is 0.727. The molecule has 1 rings (SSSR count). The molecule has 0 radical (unpaired) electrons. The van der Waals surface area contributed by atoms with Gasteiger partial charge in [0, 0.05) is 13.0 Å². The van der Waals surface area contributed by atoms with Gasteiger partial charge in [0.15, 0.2) is 6.29 Å². The number of hydrogen-bond acceptors (Lipinski definition) is 11. The van der Waals surface area contributed by atoms with Crippen LogP contribution in [0.25, 0.3) is 0 Å². The molecule has 1 aliphatic heterocycles. The monoisotopic (exact) mass is 979 g/mol. The van der Waals surface area contributed by atoms with E-state index in [1.807, 2.05) is 0 Å². The number of carbonyl (C=O) groups excluding carboxylic acids is 1. The highest BCUT2D eigenvalue weighted by Gasteiger charge is 2.48. The Morgan fingerprint density at radius 3 is 1.49 bits per heavy atom. The molecule has 0 aromatic heterocycles. The van der Waals surface area contributed by atoms with Gasteiger partial charge in [-0.1, -0.05) is 182 Å². The third-order valence-electron chi connectivity index (χ3n) is 11.5. The highest BCUT2D eigenvalue weighted by Crippen LogP contribution is 2.26. The molecule has 0 amide bonds. The fourth-order valence-corrected chi connectivity index (χ4v) is 8.06. The van der Waals surface area contributed by atoms with E-state index < -0.39 is 59.8 Å². The van der Waals surface area contributed by atoms with Crippen LogP contribution in [-0.2, 0) is 38.3 Å². The van der Waals surface area contributed by atoms with Crippen molar-refractivity contribution in [2.45, 2.75) is 230 Å². The Morgan fingerprint density at radius 1 is 0.574 bits per heavy atom. The van der Waals surface area contributed by atoms with Crippen LogP contribution in [0.4, 0.5) is 0 Å². The zero-order chi connectivity index (χ0) is 49.6. The Kier molecular flexibility index (Phi) is 42.3. The van der Waals surface area contributed by atoms with Crippen LogP contribution in [0.2, 0.25) is 0 Å². The second-order valence-corrected chi connectivity index (χ2v) is 18.8. The number of aliphatic hydroxyl groups is 3. The lowest BCUT2D eigenvalue weighted by molar-refractivity contribution is -0.301. The molecular weight excluding hydrogens is 885 g/mol. The van der Waals surface area contributed by atoms with E-state index in [-0.39, 0.29) is 19.6 Å². The molecule has 4 N–H and O–H groups in total. The maximum absolute atomic E-state index is 12.9. The summed E-state index contributed by atoms with van der Waals surface area (Å²) in [6.07, 6.45) is 51.8. The normalized spacial score (nSPS) is 20.0. The van der Waals surface area contributed by atoms with Gasteiger partial charge in [0.05, 0.1) is 19.8 Å². The number of esters is 1. The van der Waals surface area contributed by atoms with Gasteiger partial charge in [-0.2, -0.15) is 8.42 Å². The molecule has 1 heterocycles. The summed E-state index contributed by atoms with van der Waals surface area (Å²) in [4.78, 5) is 12.9. The van der Waals surface area contributed by atoms with Crippen molar-refractivity contribution in [2.24, 2.45) is 0 Å².